The predicted molar refractivity (Wildman–Crippen MR) is 56.6 cm³/mol. The van der Waals surface area contributed by atoms with Crippen molar-refractivity contribution >= 4 is 0 Å². The van der Waals surface area contributed by atoms with E-state index in [0.717, 1.165) is 19.0 Å². The van der Waals surface area contributed by atoms with Crippen LogP contribution in [0.3, 0.4) is 0 Å². The number of rotatable bonds is 6. The number of benzene rings is 1. The molecule has 0 spiro atoms. The summed E-state index contributed by atoms with van der Waals surface area (Å²) >= 11 is 0. The van der Waals surface area contributed by atoms with Gasteiger partial charge in [-0.05, 0) is 44.1 Å². The van der Waals surface area contributed by atoms with Crippen molar-refractivity contribution in [3.63, 3.8) is 0 Å². The molecule has 2 nitrogen and oxygen atoms in total. The lowest BCUT2D eigenvalue weighted by Gasteiger charge is -2.05. The SMILES string of the molecule is NCCCNCCc1ccc(F)cc1F. The monoisotopic (exact) mass is 214 g/mol. The summed E-state index contributed by atoms with van der Waals surface area (Å²) in [6.45, 7) is 2.17. The van der Waals surface area contributed by atoms with Crippen LogP contribution < -0.4 is 11.1 Å². The van der Waals surface area contributed by atoms with E-state index in [0.29, 0.717) is 25.1 Å². The first-order valence-electron chi connectivity index (χ1n) is 5.08. The molecule has 0 aliphatic heterocycles. The highest BCUT2D eigenvalue weighted by molar-refractivity contribution is 5.18. The quantitative estimate of drug-likeness (QED) is 0.703. The van der Waals surface area contributed by atoms with Gasteiger partial charge in [-0.15, -0.1) is 0 Å². The van der Waals surface area contributed by atoms with Gasteiger partial charge >= 0.3 is 0 Å². The van der Waals surface area contributed by atoms with E-state index in [1.54, 1.807) is 0 Å². The first-order valence-corrected chi connectivity index (χ1v) is 5.08. The average molecular weight is 214 g/mol. The van der Waals surface area contributed by atoms with Gasteiger partial charge in [-0.3, -0.25) is 0 Å². The minimum Gasteiger partial charge on any atom is -0.330 e. The van der Waals surface area contributed by atoms with Crippen LogP contribution in [0.15, 0.2) is 18.2 Å². The summed E-state index contributed by atoms with van der Waals surface area (Å²) in [6.07, 6.45) is 1.47. The maximum absolute atomic E-state index is 13.1. The van der Waals surface area contributed by atoms with Crippen molar-refractivity contribution in [3.8, 4) is 0 Å². The molecule has 0 amide bonds. The summed E-state index contributed by atoms with van der Waals surface area (Å²) < 4.78 is 25.7. The molecule has 0 aliphatic rings. The van der Waals surface area contributed by atoms with Gasteiger partial charge in [-0.1, -0.05) is 6.07 Å². The molecule has 0 aliphatic carbocycles. The lowest BCUT2D eigenvalue weighted by atomic mass is 10.1. The van der Waals surface area contributed by atoms with E-state index in [1.807, 2.05) is 0 Å². The molecule has 3 N–H and O–H groups in total. The first-order chi connectivity index (χ1) is 7.24. The van der Waals surface area contributed by atoms with Crippen LogP contribution in [0.4, 0.5) is 8.78 Å². The van der Waals surface area contributed by atoms with Crippen molar-refractivity contribution in [2.24, 2.45) is 5.73 Å². The fourth-order valence-corrected chi connectivity index (χ4v) is 1.30. The smallest absolute Gasteiger partial charge is 0.129 e. The van der Waals surface area contributed by atoms with E-state index >= 15 is 0 Å². The summed E-state index contributed by atoms with van der Waals surface area (Å²) in [7, 11) is 0. The largest absolute Gasteiger partial charge is 0.330 e. The molecular formula is C11H16F2N2. The number of hydrogen-bond acceptors (Lipinski definition) is 2. The van der Waals surface area contributed by atoms with Gasteiger partial charge in [0.25, 0.3) is 0 Å². The molecule has 0 saturated heterocycles. The van der Waals surface area contributed by atoms with Gasteiger partial charge in [-0.25, -0.2) is 8.78 Å². The Morgan fingerprint density at radius 3 is 2.67 bits per heavy atom. The molecule has 0 bridgehead atoms. The van der Waals surface area contributed by atoms with Crippen LogP contribution in [0.5, 0.6) is 0 Å². The van der Waals surface area contributed by atoms with E-state index in [2.05, 4.69) is 5.32 Å². The second kappa shape index (κ2) is 6.48. The molecular weight excluding hydrogens is 198 g/mol. The average Bonchev–Trinajstić information content (AvgIpc) is 2.20. The van der Waals surface area contributed by atoms with Gasteiger partial charge in [0.1, 0.15) is 11.6 Å². The summed E-state index contributed by atoms with van der Waals surface area (Å²) in [4.78, 5) is 0. The van der Waals surface area contributed by atoms with E-state index in [-0.39, 0.29) is 0 Å². The Hall–Kier alpha value is -1.00. The fourth-order valence-electron chi connectivity index (χ4n) is 1.30. The van der Waals surface area contributed by atoms with Crippen LogP contribution in [-0.4, -0.2) is 19.6 Å². The van der Waals surface area contributed by atoms with Gasteiger partial charge in [0.15, 0.2) is 0 Å². The Kier molecular flexibility index (Phi) is 5.21. The Bertz CT molecular complexity index is 303. The van der Waals surface area contributed by atoms with E-state index < -0.39 is 11.6 Å². The third kappa shape index (κ3) is 4.36. The molecule has 15 heavy (non-hydrogen) atoms. The number of hydrogen-bond donors (Lipinski definition) is 2. The zero-order chi connectivity index (χ0) is 11.1. The minimum absolute atomic E-state index is 0.476. The summed E-state index contributed by atoms with van der Waals surface area (Å²) in [5.41, 5.74) is 5.86. The third-order valence-electron chi connectivity index (χ3n) is 2.14. The highest BCUT2D eigenvalue weighted by Crippen LogP contribution is 2.09. The van der Waals surface area contributed by atoms with Crippen LogP contribution in [0.2, 0.25) is 0 Å². The summed E-state index contributed by atoms with van der Waals surface area (Å²) in [5, 5.41) is 3.14. The topological polar surface area (TPSA) is 38.0 Å². The molecule has 0 atom stereocenters. The lowest BCUT2D eigenvalue weighted by molar-refractivity contribution is 0.565. The van der Waals surface area contributed by atoms with Gasteiger partial charge < -0.3 is 11.1 Å². The van der Waals surface area contributed by atoms with Crippen LogP contribution in [-0.2, 0) is 6.42 Å². The standard InChI is InChI=1S/C11H16F2N2/c12-10-3-2-9(11(13)8-10)4-7-15-6-1-5-14/h2-3,8,15H,1,4-7,14H2. The lowest BCUT2D eigenvalue weighted by Crippen LogP contribution is -2.21. The van der Waals surface area contributed by atoms with E-state index in [9.17, 15) is 8.78 Å². The zero-order valence-corrected chi connectivity index (χ0v) is 8.60. The minimum atomic E-state index is -0.535. The third-order valence-corrected chi connectivity index (χ3v) is 2.14. The van der Waals surface area contributed by atoms with Crippen LogP contribution >= 0.6 is 0 Å². The van der Waals surface area contributed by atoms with Crippen molar-refractivity contribution in [3.05, 3.63) is 35.4 Å². The van der Waals surface area contributed by atoms with E-state index in [4.69, 9.17) is 5.73 Å². The summed E-state index contributed by atoms with van der Waals surface area (Å²) in [6, 6.07) is 3.67. The molecule has 0 radical (unpaired) electrons. The van der Waals surface area contributed by atoms with Gasteiger partial charge in [0.05, 0.1) is 0 Å². The van der Waals surface area contributed by atoms with Crippen LogP contribution in [0.1, 0.15) is 12.0 Å². The maximum atomic E-state index is 13.1. The highest BCUT2D eigenvalue weighted by atomic mass is 19.1. The second-order valence-corrected chi connectivity index (χ2v) is 3.38. The first kappa shape index (κ1) is 12.1. The summed E-state index contributed by atoms with van der Waals surface area (Å²) in [5.74, 6) is -1.01. The molecule has 0 unspecified atom stereocenters. The molecule has 0 saturated carbocycles. The molecule has 1 aromatic carbocycles. The van der Waals surface area contributed by atoms with Crippen LogP contribution in [0.25, 0.3) is 0 Å². The number of nitrogens with two attached hydrogens (primary N) is 1. The second-order valence-electron chi connectivity index (χ2n) is 3.38. The molecule has 1 aromatic rings. The Morgan fingerprint density at radius 1 is 1.20 bits per heavy atom. The molecule has 0 fully saturated rings. The van der Waals surface area contributed by atoms with Crippen LogP contribution in [0, 0.1) is 11.6 Å². The van der Waals surface area contributed by atoms with Gasteiger partial charge in [0, 0.05) is 6.07 Å². The highest BCUT2D eigenvalue weighted by Gasteiger charge is 2.02. The fraction of sp³-hybridized carbons (Fsp3) is 0.455. The van der Waals surface area contributed by atoms with Gasteiger partial charge in [-0.2, -0.15) is 0 Å². The van der Waals surface area contributed by atoms with Crippen molar-refractivity contribution in [2.75, 3.05) is 19.6 Å². The van der Waals surface area contributed by atoms with Crippen molar-refractivity contribution in [1.82, 2.24) is 5.32 Å². The Labute approximate surface area is 88.5 Å². The Balaban J connectivity index is 2.31. The van der Waals surface area contributed by atoms with Gasteiger partial charge in [0.2, 0.25) is 0 Å². The van der Waals surface area contributed by atoms with Crippen molar-refractivity contribution in [2.45, 2.75) is 12.8 Å². The normalized spacial score (nSPS) is 10.6. The molecule has 84 valence electrons. The van der Waals surface area contributed by atoms with Crippen molar-refractivity contribution in [1.29, 1.82) is 0 Å². The Morgan fingerprint density at radius 2 is 2.00 bits per heavy atom. The number of nitrogens with one attached hydrogen (secondary N) is 1. The molecule has 4 heteroatoms. The molecule has 0 heterocycles. The predicted octanol–water partition coefficient (Wildman–Crippen LogP) is 1.45. The number of halogens is 2. The zero-order valence-electron chi connectivity index (χ0n) is 8.60. The van der Waals surface area contributed by atoms with Crippen molar-refractivity contribution < 1.29 is 8.78 Å². The molecule has 1 rings (SSSR count). The van der Waals surface area contributed by atoms with E-state index in [1.165, 1.54) is 12.1 Å². The molecule has 0 aromatic heterocycles. The maximum Gasteiger partial charge on any atom is 0.129 e.